The Morgan fingerprint density at radius 2 is 2.00 bits per heavy atom. The van der Waals surface area contributed by atoms with Crippen molar-refractivity contribution in [2.75, 3.05) is 7.11 Å². The van der Waals surface area contributed by atoms with Gasteiger partial charge in [-0.25, -0.2) is 0 Å². The SMILES string of the molecule is CCC(C)n1ccc(CN[C@@H](C)c2ccccc2OC)n1. The van der Waals surface area contributed by atoms with Gasteiger partial charge in [-0.1, -0.05) is 25.1 Å². The van der Waals surface area contributed by atoms with E-state index in [2.05, 4.69) is 49.5 Å². The van der Waals surface area contributed by atoms with Gasteiger partial charge in [0.15, 0.2) is 0 Å². The molecule has 1 unspecified atom stereocenters. The Kier molecular flexibility index (Phi) is 5.39. The second-order valence-electron chi connectivity index (χ2n) is 5.39. The highest BCUT2D eigenvalue weighted by Gasteiger charge is 2.11. The van der Waals surface area contributed by atoms with Crippen LogP contribution in [0.3, 0.4) is 0 Å². The maximum Gasteiger partial charge on any atom is 0.123 e. The molecule has 2 aromatic rings. The van der Waals surface area contributed by atoms with Crippen LogP contribution in [0, 0.1) is 0 Å². The predicted molar refractivity (Wildman–Crippen MR) is 85.5 cm³/mol. The van der Waals surface area contributed by atoms with Crippen LogP contribution in [0.25, 0.3) is 0 Å². The lowest BCUT2D eigenvalue weighted by Gasteiger charge is -2.16. The lowest BCUT2D eigenvalue weighted by molar-refractivity contribution is 0.401. The Morgan fingerprint density at radius 3 is 2.71 bits per heavy atom. The Balaban J connectivity index is 1.97. The van der Waals surface area contributed by atoms with Crippen molar-refractivity contribution in [1.82, 2.24) is 15.1 Å². The highest BCUT2D eigenvalue weighted by molar-refractivity contribution is 5.35. The molecule has 0 aliphatic heterocycles. The topological polar surface area (TPSA) is 39.1 Å². The van der Waals surface area contributed by atoms with Crippen molar-refractivity contribution in [1.29, 1.82) is 0 Å². The number of hydrogen-bond donors (Lipinski definition) is 1. The summed E-state index contributed by atoms with van der Waals surface area (Å²) in [5, 5.41) is 8.12. The number of nitrogens with one attached hydrogen (secondary N) is 1. The highest BCUT2D eigenvalue weighted by atomic mass is 16.5. The van der Waals surface area contributed by atoms with Crippen molar-refractivity contribution >= 4 is 0 Å². The molecule has 0 saturated heterocycles. The van der Waals surface area contributed by atoms with E-state index in [4.69, 9.17) is 4.74 Å². The van der Waals surface area contributed by atoms with E-state index in [1.807, 2.05) is 22.9 Å². The minimum absolute atomic E-state index is 0.217. The van der Waals surface area contributed by atoms with Gasteiger partial charge in [0.2, 0.25) is 0 Å². The number of nitrogens with zero attached hydrogens (tertiary/aromatic N) is 2. The Bertz CT molecular complexity index is 565. The predicted octanol–water partition coefficient (Wildman–Crippen LogP) is 3.71. The molecule has 2 atom stereocenters. The van der Waals surface area contributed by atoms with Crippen molar-refractivity contribution in [2.24, 2.45) is 0 Å². The molecule has 4 heteroatoms. The summed E-state index contributed by atoms with van der Waals surface area (Å²) >= 11 is 0. The van der Waals surface area contributed by atoms with Gasteiger partial charge in [-0.05, 0) is 32.4 Å². The molecule has 0 aliphatic rings. The molecule has 1 heterocycles. The van der Waals surface area contributed by atoms with Crippen molar-refractivity contribution in [3.8, 4) is 5.75 Å². The monoisotopic (exact) mass is 287 g/mol. The number of rotatable bonds is 7. The lowest BCUT2D eigenvalue weighted by atomic mass is 10.1. The zero-order valence-corrected chi connectivity index (χ0v) is 13.3. The van der Waals surface area contributed by atoms with Gasteiger partial charge in [0, 0.05) is 30.4 Å². The first kappa shape index (κ1) is 15.6. The van der Waals surface area contributed by atoms with Gasteiger partial charge in [0.05, 0.1) is 12.8 Å². The van der Waals surface area contributed by atoms with Crippen LogP contribution < -0.4 is 10.1 Å². The molecule has 4 nitrogen and oxygen atoms in total. The smallest absolute Gasteiger partial charge is 0.123 e. The first-order chi connectivity index (χ1) is 10.2. The maximum absolute atomic E-state index is 5.41. The molecule has 1 aromatic heterocycles. The normalized spacial score (nSPS) is 13.9. The molecular weight excluding hydrogens is 262 g/mol. The Labute approximate surface area is 127 Å². The third kappa shape index (κ3) is 3.85. The minimum Gasteiger partial charge on any atom is -0.496 e. The van der Waals surface area contributed by atoms with E-state index >= 15 is 0 Å². The minimum atomic E-state index is 0.217. The van der Waals surface area contributed by atoms with E-state index in [9.17, 15) is 0 Å². The fourth-order valence-electron chi connectivity index (χ4n) is 2.30. The zero-order valence-electron chi connectivity index (χ0n) is 13.3. The number of para-hydroxylation sites is 1. The van der Waals surface area contributed by atoms with Gasteiger partial charge in [-0.15, -0.1) is 0 Å². The summed E-state index contributed by atoms with van der Waals surface area (Å²) in [5.74, 6) is 0.919. The van der Waals surface area contributed by atoms with Gasteiger partial charge >= 0.3 is 0 Å². The van der Waals surface area contributed by atoms with Crippen LogP contribution in [-0.4, -0.2) is 16.9 Å². The summed E-state index contributed by atoms with van der Waals surface area (Å²) in [7, 11) is 1.71. The summed E-state index contributed by atoms with van der Waals surface area (Å²) in [6, 6.07) is 10.9. The summed E-state index contributed by atoms with van der Waals surface area (Å²) in [6.07, 6.45) is 3.14. The van der Waals surface area contributed by atoms with Crippen molar-refractivity contribution in [3.05, 3.63) is 47.8 Å². The second-order valence-corrected chi connectivity index (χ2v) is 5.39. The lowest BCUT2D eigenvalue weighted by Crippen LogP contribution is -2.19. The molecule has 21 heavy (non-hydrogen) atoms. The van der Waals surface area contributed by atoms with E-state index in [1.165, 1.54) is 5.56 Å². The van der Waals surface area contributed by atoms with E-state index in [1.54, 1.807) is 7.11 Å². The molecule has 1 aromatic carbocycles. The number of hydrogen-bond acceptors (Lipinski definition) is 3. The fraction of sp³-hybridized carbons (Fsp3) is 0.471. The maximum atomic E-state index is 5.41. The number of methoxy groups -OCH3 is 1. The van der Waals surface area contributed by atoms with Crippen molar-refractivity contribution < 1.29 is 4.74 Å². The third-order valence-corrected chi connectivity index (χ3v) is 3.90. The molecule has 0 spiro atoms. The summed E-state index contributed by atoms with van der Waals surface area (Å²) in [6.45, 7) is 7.25. The van der Waals surface area contributed by atoms with Gasteiger partial charge in [0.1, 0.15) is 5.75 Å². The quantitative estimate of drug-likeness (QED) is 0.843. The summed E-state index contributed by atoms with van der Waals surface area (Å²) in [5.41, 5.74) is 2.23. The molecular formula is C17H25N3O. The number of ether oxygens (including phenoxy) is 1. The standard InChI is InChI=1S/C17H25N3O/c1-5-13(2)20-11-10-15(19-20)12-18-14(3)16-8-6-7-9-17(16)21-4/h6-11,13-14,18H,5,12H2,1-4H3/t13?,14-/m0/s1. The van der Waals surface area contributed by atoms with Gasteiger partial charge < -0.3 is 10.1 Å². The molecule has 1 N–H and O–H groups in total. The molecule has 0 radical (unpaired) electrons. The Morgan fingerprint density at radius 1 is 1.24 bits per heavy atom. The first-order valence-corrected chi connectivity index (χ1v) is 7.56. The van der Waals surface area contributed by atoms with E-state index in [-0.39, 0.29) is 6.04 Å². The fourth-order valence-corrected chi connectivity index (χ4v) is 2.30. The van der Waals surface area contributed by atoms with Crippen LogP contribution in [0.4, 0.5) is 0 Å². The third-order valence-electron chi connectivity index (χ3n) is 3.90. The molecule has 114 valence electrons. The summed E-state index contributed by atoms with van der Waals surface area (Å²) < 4.78 is 7.44. The molecule has 0 aliphatic carbocycles. The average Bonchev–Trinajstić information content (AvgIpc) is 3.00. The van der Waals surface area contributed by atoms with E-state index in [0.29, 0.717) is 6.04 Å². The second kappa shape index (κ2) is 7.27. The van der Waals surface area contributed by atoms with Crippen LogP contribution in [-0.2, 0) is 6.54 Å². The molecule has 2 rings (SSSR count). The summed E-state index contributed by atoms with van der Waals surface area (Å²) in [4.78, 5) is 0. The number of aromatic nitrogens is 2. The molecule has 0 amide bonds. The van der Waals surface area contributed by atoms with E-state index in [0.717, 1.165) is 24.4 Å². The van der Waals surface area contributed by atoms with Crippen LogP contribution >= 0.6 is 0 Å². The van der Waals surface area contributed by atoms with Crippen LogP contribution in [0.5, 0.6) is 5.75 Å². The van der Waals surface area contributed by atoms with Gasteiger partial charge in [-0.2, -0.15) is 5.10 Å². The van der Waals surface area contributed by atoms with Crippen molar-refractivity contribution in [2.45, 2.75) is 45.8 Å². The van der Waals surface area contributed by atoms with E-state index < -0.39 is 0 Å². The van der Waals surface area contributed by atoms with Crippen molar-refractivity contribution in [3.63, 3.8) is 0 Å². The molecule has 0 saturated carbocycles. The highest BCUT2D eigenvalue weighted by Crippen LogP contribution is 2.24. The van der Waals surface area contributed by atoms with Gasteiger partial charge in [0.25, 0.3) is 0 Å². The van der Waals surface area contributed by atoms with Crippen LogP contribution in [0.2, 0.25) is 0 Å². The average molecular weight is 287 g/mol. The molecule has 0 bridgehead atoms. The first-order valence-electron chi connectivity index (χ1n) is 7.56. The molecule has 0 fully saturated rings. The Hall–Kier alpha value is -1.81. The zero-order chi connectivity index (χ0) is 15.2. The van der Waals surface area contributed by atoms with Crippen LogP contribution in [0.15, 0.2) is 36.5 Å². The van der Waals surface area contributed by atoms with Gasteiger partial charge in [-0.3, -0.25) is 4.68 Å². The van der Waals surface area contributed by atoms with Crippen LogP contribution in [0.1, 0.15) is 50.5 Å². The largest absolute Gasteiger partial charge is 0.496 e. The number of benzene rings is 1.